The summed E-state index contributed by atoms with van der Waals surface area (Å²) in [5.74, 6) is 0.624. The summed E-state index contributed by atoms with van der Waals surface area (Å²) in [6, 6.07) is 19.1. The Morgan fingerprint density at radius 3 is 2.50 bits per heavy atom. The van der Waals surface area contributed by atoms with Gasteiger partial charge >= 0.3 is 0 Å². The van der Waals surface area contributed by atoms with Gasteiger partial charge in [0.2, 0.25) is 0 Å². The Kier molecular flexibility index (Phi) is 4.87. The normalized spacial score (nSPS) is 10.2. The van der Waals surface area contributed by atoms with Crippen molar-refractivity contribution in [1.29, 1.82) is 0 Å². The number of amides is 1. The molecular weight excluding hydrogens is 300 g/mol. The fourth-order valence-corrected chi connectivity index (χ4v) is 2.48. The van der Waals surface area contributed by atoms with Gasteiger partial charge < -0.3 is 10.1 Å². The summed E-state index contributed by atoms with van der Waals surface area (Å²) in [4.78, 5) is 16.4. The van der Waals surface area contributed by atoms with Crippen LogP contribution in [0.5, 0.6) is 5.75 Å². The Morgan fingerprint density at radius 1 is 1.04 bits per heavy atom. The van der Waals surface area contributed by atoms with Crippen molar-refractivity contribution in [2.45, 2.75) is 6.54 Å². The van der Waals surface area contributed by atoms with E-state index in [4.69, 9.17) is 4.74 Å². The van der Waals surface area contributed by atoms with Gasteiger partial charge in [-0.05, 0) is 41.5 Å². The first-order valence-electron chi connectivity index (χ1n) is 7.68. The van der Waals surface area contributed by atoms with Crippen LogP contribution in [0.2, 0.25) is 0 Å². The van der Waals surface area contributed by atoms with Crippen LogP contribution in [0.25, 0.3) is 11.1 Å². The maximum absolute atomic E-state index is 12.4. The van der Waals surface area contributed by atoms with Gasteiger partial charge in [0.25, 0.3) is 5.91 Å². The van der Waals surface area contributed by atoms with Crippen LogP contribution in [0.4, 0.5) is 0 Å². The number of benzene rings is 2. The van der Waals surface area contributed by atoms with E-state index in [1.807, 2.05) is 54.6 Å². The predicted octanol–water partition coefficient (Wildman–Crippen LogP) is 3.69. The van der Waals surface area contributed by atoms with E-state index in [2.05, 4.69) is 10.3 Å². The molecule has 24 heavy (non-hydrogen) atoms. The van der Waals surface area contributed by atoms with E-state index in [-0.39, 0.29) is 5.91 Å². The van der Waals surface area contributed by atoms with Gasteiger partial charge in [0.1, 0.15) is 5.75 Å². The van der Waals surface area contributed by atoms with Crippen LogP contribution in [0.1, 0.15) is 15.9 Å². The van der Waals surface area contributed by atoms with Gasteiger partial charge in [0.05, 0.1) is 7.11 Å². The Labute approximate surface area is 141 Å². The summed E-state index contributed by atoms with van der Waals surface area (Å²) in [6.07, 6.45) is 3.42. The SMILES string of the molecule is COc1ccc(C(=O)NCc2ccncc2)cc1-c1ccccc1. The van der Waals surface area contributed by atoms with Crippen molar-refractivity contribution in [3.63, 3.8) is 0 Å². The number of methoxy groups -OCH3 is 1. The van der Waals surface area contributed by atoms with E-state index < -0.39 is 0 Å². The first kappa shape index (κ1) is 15.7. The van der Waals surface area contributed by atoms with Crippen molar-refractivity contribution in [2.24, 2.45) is 0 Å². The summed E-state index contributed by atoms with van der Waals surface area (Å²) in [5.41, 5.74) is 3.52. The number of pyridine rings is 1. The lowest BCUT2D eigenvalue weighted by atomic mass is 10.0. The first-order valence-corrected chi connectivity index (χ1v) is 7.68. The highest BCUT2D eigenvalue weighted by atomic mass is 16.5. The zero-order valence-electron chi connectivity index (χ0n) is 13.4. The molecule has 3 aromatic rings. The molecule has 0 unspecified atom stereocenters. The average molecular weight is 318 g/mol. The van der Waals surface area contributed by atoms with E-state index in [1.54, 1.807) is 25.6 Å². The van der Waals surface area contributed by atoms with Crippen molar-refractivity contribution in [2.75, 3.05) is 7.11 Å². The topological polar surface area (TPSA) is 51.2 Å². The molecule has 0 saturated carbocycles. The lowest BCUT2D eigenvalue weighted by Gasteiger charge is -2.11. The molecule has 0 aliphatic heterocycles. The Hall–Kier alpha value is -3.14. The molecule has 1 heterocycles. The number of nitrogens with one attached hydrogen (secondary N) is 1. The zero-order valence-corrected chi connectivity index (χ0v) is 13.4. The van der Waals surface area contributed by atoms with Crippen LogP contribution in [-0.4, -0.2) is 18.0 Å². The number of carbonyl (C=O) groups excluding carboxylic acids is 1. The Bertz CT molecular complexity index is 818. The molecule has 2 aromatic carbocycles. The maximum Gasteiger partial charge on any atom is 0.251 e. The van der Waals surface area contributed by atoms with Crippen molar-refractivity contribution in [3.05, 3.63) is 84.2 Å². The minimum absolute atomic E-state index is 0.119. The average Bonchev–Trinajstić information content (AvgIpc) is 2.67. The van der Waals surface area contributed by atoms with Crippen LogP contribution in [0, 0.1) is 0 Å². The van der Waals surface area contributed by atoms with Crippen LogP contribution >= 0.6 is 0 Å². The van der Waals surface area contributed by atoms with Gasteiger partial charge in [-0.25, -0.2) is 0 Å². The number of hydrogen-bond donors (Lipinski definition) is 1. The minimum atomic E-state index is -0.119. The summed E-state index contributed by atoms with van der Waals surface area (Å²) < 4.78 is 5.43. The largest absolute Gasteiger partial charge is 0.496 e. The lowest BCUT2D eigenvalue weighted by molar-refractivity contribution is 0.0951. The lowest BCUT2D eigenvalue weighted by Crippen LogP contribution is -2.22. The molecule has 3 rings (SSSR count). The van der Waals surface area contributed by atoms with Crippen molar-refractivity contribution >= 4 is 5.91 Å². The molecular formula is C20H18N2O2. The molecule has 120 valence electrons. The molecule has 1 amide bonds. The third kappa shape index (κ3) is 3.60. The zero-order chi connectivity index (χ0) is 16.8. The fraction of sp³-hybridized carbons (Fsp3) is 0.100. The molecule has 0 atom stereocenters. The molecule has 1 aromatic heterocycles. The van der Waals surface area contributed by atoms with Gasteiger partial charge in [0.15, 0.2) is 0 Å². The van der Waals surface area contributed by atoms with Crippen molar-refractivity contribution in [1.82, 2.24) is 10.3 Å². The maximum atomic E-state index is 12.4. The van der Waals surface area contributed by atoms with Gasteiger partial charge in [-0.2, -0.15) is 0 Å². The number of nitrogens with zero attached hydrogens (tertiary/aromatic N) is 1. The van der Waals surface area contributed by atoms with Crippen LogP contribution in [0.3, 0.4) is 0 Å². The highest BCUT2D eigenvalue weighted by Gasteiger charge is 2.11. The number of hydrogen-bond acceptors (Lipinski definition) is 3. The number of aromatic nitrogens is 1. The number of ether oxygens (including phenoxy) is 1. The fourth-order valence-electron chi connectivity index (χ4n) is 2.48. The van der Waals surface area contributed by atoms with Crippen LogP contribution in [-0.2, 0) is 6.54 Å². The van der Waals surface area contributed by atoms with Gasteiger partial charge in [-0.3, -0.25) is 9.78 Å². The first-order chi connectivity index (χ1) is 11.8. The summed E-state index contributed by atoms with van der Waals surface area (Å²) in [7, 11) is 1.63. The number of rotatable bonds is 5. The van der Waals surface area contributed by atoms with E-state index >= 15 is 0 Å². The molecule has 0 aliphatic carbocycles. The van der Waals surface area contributed by atoms with Gasteiger partial charge in [0, 0.05) is 30.1 Å². The second-order valence-electron chi connectivity index (χ2n) is 5.32. The van der Waals surface area contributed by atoms with Gasteiger partial charge in [-0.1, -0.05) is 30.3 Å². The van der Waals surface area contributed by atoms with E-state index in [1.165, 1.54) is 0 Å². The van der Waals surface area contributed by atoms with E-state index in [9.17, 15) is 4.79 Å². The molecule has 0 aliphatic rings. The van der Waals surface area contributed by atoms with E-state index in [0.29, 0.717) is 12.1 Å². The standard InChI is InChI=1S/C20H18N2O2/c1-24-19-8-7-17(13-18(19)16-5-3-2-4-6-16)20(23)22-14-15-9-11-21-12-10-15/h2-13H,14H2,1H3,(H,22,23). The number of carbonyl (C=O) groups is 1. The predicted molar refractivity (Wildman–Crippen MR) is 93.8 cm³/mol. The summed E-state index contributed by atoms with van der Waals surface area (Å²) >= 11 is 0. The smallest absolute Gasteiger partial charge is 0.251 e. The molecule has 4 heteroatoms. The summed E-state index contributed by atoms with van der Waals surface area (Å²) in [6.45, 7) is 0.466. The molecule has 0 fully saturated rings. The van der Waals surface area contributed by atoms with Crippen molar-refractivity contribution < 1.29 is 9.53 Å². The quantitative estimate of drug-likeness (QED) is 0.780. The molecule has 0 bridgehead atoms. The molecule has 0 spiro atoms. The van der Waals surface area contributed by atoms with Gasteiger partial charge in [-0.15, -0.1) is 0 Å². The second kappa shape index (κ2) is 7.42. The minimum Gasteiger partial charge on any atom is -0.496 e. The van der Waals surface area contributed by atoms with Crippen molar-refractivity contribution in [3.8, 4) is 16.9 Å². The highest BCUT2D eigenvalue weighted by Crippen LogP contribution is 2.30. The Morgan fingerprint density at radius 2 is 1.79 bits per heavy atom. The molecule has 0 saturated heterocycles. The third-order valence-electron chi connectivity index (χ3n) is 3.75. The second-order valence-corrected chi connectivity index (χ2v) is 5.32. The third-order valence-corrected chi connectivity index (χ3v) is 3.75. The highest BCUT2D eigenvalue weighted by molar-refractivity contribution is 5.96. The van der Waals surface area contributed by atoms with Crippen LogP contribution < -0.4 is 10.1 Å². The van der Waals surface area contributed by atoms with Crippen LogP contribution in [0.15, 0.2) is 73.1 Å². The molecule has 1 N–H and O–H groups in total. The summed E-state index contributed by atoms with van der Waals surface area (Å²) in [5, 5.41) is 2.92. The molecule has 4 nitrogen and oxygen atoms in total. The Balaban J connectivity index is 1.82. The molecule has 0 radical (unpaired) electrons. The monoisotopic (exact) mass is 318 g/mol. The van der Waals surface area contributed by atoms with E-state index in [0.717, 1.165) is 22.4 Å².